The molecule has 1 aromatic rings. The monoisotopic (exact) mass is 174 g/mol. The second kappa shape index (κ2) is 3.08. The Kier molecular flexibility index (Phi) is 1.91. The van der Waals surface area contributed by atoms with Crippen LogP contribution in [0.1, 0.15) is 23.6 Å². The minimum Gasteiger partial charge on any atom is -0.493 e. The summed E-state index contributed by atoms with van der Waals surface area (Å²) in [5.74, 6) is 0.817. The molecule has 0 amide bonds. The fourth-order valence-corrected chi connectivity index (χ4v) is 1.49. The molecular formula is C10H10N2O. The van der Waals surface area contributed by atoms with Gasteiger partial charge in [0.2, 0.25) is 0 Å². The van der Waals surface area contributed by atoms with Gasteiger partial charge < -0.3 is 10.5 Å². The molecule has 1 unspecified atom stereocenters. The highest BCUT2D eigenvalue weighted by atomic mass is 16.5. The third-order valence-electron chi connectivity index (χ3n) is 2.22. The fourth-order valence-electron chi connectivity index (χ4n) is 1.49. The summed E-state index contributed by atoms with van der Waals surface area (Å²) in [5.41, 5.74) is 7.47. The number of fused-ring (bicyclic) bond motifs is 1. The van der Waals surface area contributed by atoms with E-state index in [1.807, 2.05) is 6.07 Å². The van der Waals surface area contributed by atoms with Crippen molar-refractivity contribution >= 4 is 0 Å². The van der Waals surface area contributed by atoms with Crippen LogP contribution in [0, 0.1) is 11.3 Å². The molecule has 1 atom stereocenters. The van der Waals surface area contributed by atoms with Crippen LogP contribution >= 0.6 is 0 Å². The molecule has 13 heavy (non-hydrogen) atoms. The molecule has 3 nitrogen and oxygen atoms in total. The molecule has 0 spiro atoms. The van der Waals surface area contributed by atoms with E-state index in [-0.39, 0.29) is 6.04 Å². The van der Waals surface area contributed by atoms with Gasteiger partial charge in [-0.2, -0.15) is 5.26 Å². The molecule has 0 aliphatic carbocycles. The highest BCUT2D eigenvalue weighted by Gasteiger charge is 2.17. The average Bonchev–Trinajstić information content (AvgIpc) is 2.18. The summed E-state index contributed by atoms with van der Waals surface area (Å²) in [4.78, 5) is 0. The van der Waals surface area contributed by atoms with E-state index in [1.165, 1.54) is 0 Å². The first-order chi connectivity index (χ1) is 6.31. The summed E-state index contributed by atoms with van der Waals surface area (Å²) in [6.07, 6.45) is 0.821. The fraction of sp³-hybridized carbons (Fsp3) is 0.300. The number of ether oxygens (including phenoxy) is 1. The van der Waals surface area contributed by atoms with Gasteiger partial charge in [0.05, 0.1) is 18.2 Å². The zero-order valence-corrected chi connectivity index (χ0v) is 7.16. The Balaban J connectivity index is 2.48. The Bertz CT molecular complexity index is 368. The van der Waals surface area contributed by atoms with Crippen LogP contribution in [0.15, 0.2) is 18.2 Å². The van der Waals surface area contributed by atoms with Gasteiger partial charge in [-0.1, -0.05) is 0 Å². The first kappa shape index (κ1) is 8.09. The maximum atomic E-state index is 8.69. The van der Waals surface area contributed by atoms with Gasteiger partial charge in [0, 0.05) is 18.0 Å². The van der Waals surface area contributed by atoms with Crippen LogP contribution in [0.4, 0.5) is 0 Å². The van der Waals surface area contributed by atoms with Crippen LogP contribution in [-0.4, -0.2) is 6.61 Å². The summed E-state index contributed by atoms with van der Waals surface area (Å²) in [6, 6.07) is 7.46. The van der Waals surface area contributed by atoms with Crippen molar-refractivity contribution in [3.63, 3.8) is 0 Å². The first-order valence-corrected chi connectivity index (χ1v) is 4.23. The Morgan fingerprint density at radius 1 is 1.54 bits per heavy atom. The molecule has 1 aliphatic heterocycles. The second-order valence-corrected chi connectivity index (χ2v) is 3.11. The maximum Gasteiger partial charge on any atom is 0.124 e. The van der Waals surface area contributed by atoms with Crippen LogP contribution in [0.3, 0.4) is 0 Å². The summed E-state index contributed by atoms with van der Waals surface area (Å²) >= 11 is 0. The SMILES string of the molecule is N#Cc1ccc2c(c1)C(N)CCO2. The molecular weight excluding hydrogens is 164 g/mol. The topological polar surface area (TPSA) is 59.0 Å². The molecule has 3 heteroatoms. The van der Waals surface area contributed by atoms with Gasteiger partial charge in [-0.3, -0.25) is 0 Å². The second-order valence-electron chi connectivity index (χ2n) is 3.11. The van der Waals surface area contributed by atoms with E-state index in [2.05, 4.69) is 6.07 Å². The Hall–Kier alpha value is -1.53. The van der Waals surface area contributed by atoms with Gasteiger partial charge in [0.15, 0.2) is 0 Å². The summed E-state index contributed by atoms with van der Waals surface area (Å²) in [7, 11) is 0. The van der Waals surface area contributed by atoms with E-state index >= 15 is 0 Å². The first-order valence-electron chi connectivity index (χ1n) is 4.23. The zero-order chi connectivity index (χ0) is 9.26. The molecule has 1 heterocycles. The molecule has 0 saturated heterocycles. The third kappa shape index (κ3) is 1.36. The normalized spacial score (nSPS) is 19.8. The van der Waals surface area contributed by atoms with Crippen molar-refractivity contribution in [3.05, 3.63) is 29.3 Å². The van der Waals surface area contributed by atoms with Crippen LogP contribution in [-0.2, 0) is 0 Å². The predicted molar refractivity (Wildman–Crippen MR) is 48.2 cm³/mol. The largest absolute Gasteiger partial charge is 0.493 e. The molecule has 1 aliphatic rings. The molecule has 0 aromatic heterocycles. The van der Waals surface area contributed by atoms with Gasteiger partial charge in [0.1, 0.15) is 5.75 Å². The molecule has 1 aromatic carbocycles. The molecule has 0 saturated carbocycles. The molecule has 66 valence electrons. The van der Waals surface area contributed by atoms with Crippen molar-refractivity contribution < 1.29 is 4.74 Å². The summed E-state index contributed by atoms with van der Waals surface area (Å²) < 4.78 is 5.40. The molecule has 0 radical (unpaired) electrons. The number of nitriles is 1. The number of hydrogen-bond acceptors (Lipinski definition) is 3. The van der Waals surface area contributed by atoms with Crippen molar-refractivity contribution in [1.82, 2.24) is 0 Å². The van der Waals surface area contributed by atoms with E-state index in [0.717, 1.165) is 17.7 Å². The van der Waals surface area contributed by atoms with Crippen molar-refractivity contribution in [2.24, 2.45) is 5.73 Å². The highest BCUT2D eigenvalue weighted by molar-refractivity contribution is 5.44. The number of nitrogens with zero attached hydrogens (tertiary/aromatic N) is 1. The lowest BCUT2D eigenvalue weighted by Gasteiger charge is -2.22. The number of nitrogens with two attached hydrogens (primary N) is 1. The van der Waals surface area contributed by atoms with Gasteiger partial charge in [-0.05, 0) is 18.2 Å². The minimum atomic E-state index is 0.0112. The minimum absolute atomic E-state index is 0.0112. The standard InChI is InChI=1S/C10H10N2O/c11-6-7-1-2-10-8(5-7)9(12)3-4-13-10/h1-2,5,9H,3-4,12H2. The number of hydrogen-bond donors (Lipinski definition) is 1. The Morgan fingerprint density at radius 3 is 3.15 bits per heavy atom. The lowest BCUT2D eigenvalue weighted by Crippen LogP contribution is -2.20. The highest BCUT2D eigenvalue weighted by Crippen LogP contribution is 2.30. The molecule has 2 N–H and O–H groups in total. The smallest absolute Gasteiger partial charge is 0.124 e. The Labute approximate surface area is 76.7 Å². The summed E-state index contributed by atoms with van der Waals surface area (Å²) in [5, 5.41) is 8.69. The molecule has 2 rings (SSSR count). The lowest BCUT2D eigenvalue weighted by molar-refractivity contribution is 0.269. The van der Waals surface area contributed by atoms with Crippen LogP contribution in [0.2, 0.25) is 0 Å². The van der Waals surface area contributed by atoms with Gasteiger partial charge in [0.25, 0.3) is 0 Å². The quantitative estimate of drug-likeness (QED) is 0.645. The van der Waals surface area contributed by atoms with Gasteiger partial charge >= 0.3 is 0 Å². The average molecular weight is 174 g/mol. The summed E-state index contributed by atoms with van der Waals surface area (Å²) in [6.45, 7) is 0.667. The van der Waals surface area contributed by atoms with Crippen molar-refractivity contribution in [2.45, 2.75) is 12.5 Å². The van der Waals surface area contributed by atoms with Gasteiger partial charge in [-0.25, -0.2) is 0 Å². The predicted octanol–water partition coefficient (Wildman–Crippen LogP) is 1.34. The molecule has 0 fully saturated rings. The van der Waals surface area contributed by atoms with E-state index in [0.29, 0.717) is 12.2 Å². The van der Waals surface area contributed by atoms with Crippen molar-refractivity contribution in [3.8, 4) is 11.8 Å². The van der Waals surface area contributed by atoms with E-state index in [1.54, 1.807) is 12.1 Å². The lowest BCUT2D eigenvalue weighted by atomic mass is 9.99. The van der Waals surface area contributed by atoms with Gasteiger partial charge in [-0.15, -0.1) is 0 Å². The number of benzene rings is 1. The van der Waals surface area contributed by atoms with E-state index in [9.17, 15) is 0 Å². The van der Waals surface area contributed by atoms with Crippen LogP contribution in [0.25, 0.3) is 0 Å². The third-order valence-corrected chi connectivity index (χ3v) is 2.22. The zero-order valence-electron chi connectivity index (χ0n) is 7.16. The van der Waals surface area contributed by atoms with Crippen LogP contribution in [0.5, 0.6) is 5.75 Å². The van der Waals surface area contributed by atoms with E-state index in [4.69, 9.17) is 15.7 Å². The van der Waals surface area contributed by atoms with Crippen LogP contribution < -0.4 is 10.5 Å². The molecule has 0 bridgehead atoms. The van der Waals surface area contributed by atoms with Crippen molar-refractivity contribution in [2.75, 3.05) is 6.61 Å². The van der Waals surface area contributed by atoms with E-state index < -0.39 is 0 Å². The Morgan fingerprint density at radius 2 is 2.38 bits per heavy atom. The number of rotatable bonds is 0. The van der Waals surface area contributed by atoms with Crippen molar-refractivity contribution in [1.29, 1.82) is 5.26 Å². The maximum absolute atomic E-state index is 8.69.